The van der Waals surface area contributed by atoms with Crippen molar-refractivity contribution in [1.82, 2.24) is 15.3 Å². The molecule has 2 saturated heterocycles. The third-order valence-electron chi connectivity index (χ3n) is 5.12. The summed E-state index contributed by atoms with van der Waals surface area (Å²) in [6, 6.07) is 1.53. The molecular formula is C19H21F3N4O2. The summed E-state index contributed by atoms with van der Waals surface area (Å²) in [5.41, 5.74) is 0.677. The van der Waals surface area contributed by atoms with Crippen LogP contribution >= 0.6 is 0 Å². The zero-order valence-corrected chi connectivity index (χ0v) is 15.1. The number of H-pyrrole nitrogens is 1. The van der Waals surface area contributed by atoms with Crippen molar-refractivity contribution in [3.63, 3.8) is 0 Å². The summed E-state index contributed by atoms with van der Waals surface area (Å²) in [7, 11) is 0. The highest BCUT2D eigenvalue weighted by Crippen LogP contribution is 2.34. The van der Waals surface area contributed by atoms with Gasteiger partial charge in [0, 0.05) is 48.2 Å². The van der Waals surface area contributed by atoms with Gasteiger partial charge in [-0.1, -0.05) is 0 Å². The van der Waals surface area contributed by atoms with Gasteiger partial charge in [0.15, 0.2) is 0 Å². The molecule has 0 aliphatic carbocycles. The molecule has 0 bridgehead atoms. The molecular weight excluding hydrogens is 373 g/mol. The van der Waals surface area contributed by atoms with Gasteiger partial charge in [0.1, 0.15) is 5.65 Å². The molecule has 28 heavy (non-hydrogen) atoms. The molecule has 4 rings (SSSR count). The van der Waals surface area contributed by atoms with E-state index in [1.54, 1.807) is 6.08 Å². The van der Waals surface area contributed by atoms with Crippen molar-refractivity contribution in [2.24, 2.45) is 5.92 Å². The van der Waals surface area contributed by atoms with Crippen molar-refractivity contribution in [3.8, 4) is 0 Å². The molecule has 2 unspecified atom stereocenters. The van der Waals surface area contributed by atoms with Crippen LogP contribution in [0.3, 0.4) is 0 Å². The number of aromatic amines is 1. The summed E-state index contributed by atoms with van der Waals surface area (Å²) in [6.07, 6.45) is 1.24. The van der Waals surface area contributed by atoms with Gasteiger partial charge in [-0.05, 0) is 25.0 Å². The number of aromatic nitrogens is 2. The number of ether oxygens (including phenoxy) is 2. The van der Waals surface area contributed by atoms with Crippen LogP contribution in [0, 0.1) is 11.3 Å². The van der Waals surface area contributed by atoms with Crippen LogP contribution in [0.25, 0.3) is 11.0 Å². The zero-order chi connectivity index (χ0) is 19.7. The first kappa shape index (κ1) is 18.9. The van der Waals surface area contributed by atoms with Crippen LogP contribution in [-0.2, 0) is 15.7 Å². The van der Waals surface area contributed by atoms with E-state index in [1.165, 1.54) is 12.3 Å². The summed E-state index contributed by atoms with van der Waals surface area (Å²) < 4.78 is 50.4. The van der Waals surface area contributed by atoms with Crippen molar-refractivity contribution in [1.29, 1.82) is 5.41 Å². The van der Waals surface area contributed by atoms with E-state index in [0.29, 0.717) is 32.0 Å². The van der Waals surface area contributed by atoms with Gasteiger partial charge in [-0.25, -0.2) is 4.98 Å². The van der Waals surface area contributed by atoms with Gasteiger partial charge in [0.05, 0.1) is 30.5 Å². The lowest BCUT2D eigenvalue weighted by Gasteiger charge is -2.20. The van der Waals surface area contributed by atoms with Crippen LogP contribution in [0.15, 0.2) is 30.2 Å². The predicted octanol–water partition coefficient (Wildman–Crippen LogP) is 3.25. The highest BCUT2D eigenvalue weighted by Gasteiger charge is 2.34. The normalized spacial score (nSPS) is 23.5. The molecule has 4 heterocycles. The van der Waals surface area contributed by atoms with E-state index < -0.39 is 11.7 Å². The summed E-state index contributed by atoms with van der Waals surface area (Å²) in [5, 5.41) is 11.8. The number of rotatable bonds is 5. The molecule has 2 aromatic rings. The lowest BCUT2D eigenvalue weighted by atomic mass is 10.00. The standard InChI is InChI=1S/C19H21F3N4O2/c20-19(21,22)15-8-25-18-14(15)5-12(7-24-18)16(23)6-17(11-1-3-27-9-11)26-13-2-4-28-10-13/h5-8,11,13,23,26H,1-4,9-10H2,(H,24,25)/b17-6-,23-16?. The van der Waals surface area contributed by atoms with Crippen LogP contribution in [0.5, 0.6) is 0 Å². The molecule has 2 aliphatic rings. The highest BCUT2D eigenvalue weighted by atomic mass is 19.4. The van der Waals surface area contributed by atoms with Gasteiger partial charge in [0.2, 0.25) is 0 Å². The minimum absolute atomic E-state index is 0.0361. The number of fused-ring (bicyclic) bond motifs is 1. The number of nitrogens with zero attached hydrogens (tertiary/aromatic N) is 1. The topological polar surface area (TPSA) is 83.0 Å². The van der Waals surface area contributed by atoms with E-state index in [2.05, 4.69) is 15.3 Å². The maximum Gasteiger partial charge on any atom is 0.418 e. The Labute approximate surface area is 159 Å². The van der Waals surface area contributed by atoms with Gasteiger partial charge in [0.25, 0.3) is 0 Å². The fraction of sp³-hybridized carbons (Fsp3) is 0.474. The van der Waals surface area contributed by atoms with Crippen molar-refractivity contribution < 1.29 is 22.6 Å². The van der Waals surface area contributed by atoms with Crippen molar-refractivity contribution in [2.45, 2.75) is 25.1 Å². The summed E-state index contributed by atoms with van der Waals surface area (Å²) >= 11 is 0. The maximum absolute atomic E-state index is 13.2. The van der Waals surface area contributed by atoms with Crippen LogP contribution < -0.4 is 5.32 Å². The second-order valence-electron chi connectivity index (χ2n) is 7.10. The fourth-order valence-electron chi connectivity index (χ4n) is 3.57. The van der Waals surface area contributed by atoms with Gasteiger partial charge >= 0.3 is 6.18 Å². The predicted molar refractivity (Wildman–Crippen MR) is 97.3 cm³/mol. The summed E-state index contributed by atoms with van der Waals surface area (Å²) in [6.45, 7) is 2.51. The van der Waals surface area contributed by atoms with E-state index in [9.17, 15) is 13.2 Å². The van der Waals surface area contributed by atoms with Gasteiger partial charge in [-0.15, -0.1) is 0 Å². The quantitative estimate of drug-likeness (QED) is 0.680. The number of allylic oxidation sites excluding steroid dienone is 1. The molecule has 2 aromatic heterocycles. The first-order valence-corrected chi connectivity index (χ1v) is 9.18. The lowest BCUT2D eigenvalue weighted by molar-refractivity contribution is -0.136. The largest absolute Gasteiger partial charge is 0.418 e. The fourth-order valence-corrected chi connectivity index (χ4v) is 3.57. The molecule has 150 valence electrons. The first-order valence-electron chi connectivity index (χ1n) is 9.18. The van der Waals surface area contributed by atoms with Gasteiger partial charge in [-0.2, -0.15) is 13.2 Å². The second-order valence-corrected chi connectivity index (χ2v) is 7.10. The lowest BCUT2D eigenvalue weighted by Crippen LogP contribution is -2.32. The number of alkyl halides is 3. The third-order valence-corrected chi connectivity index (χ3v) is 5.12. The molecule has 3 N–H and O–H groups in total. The van der Waals surface area contributed by atoms with Crippen LogP contribution in [0.2, 0.25) is 0 Å². The smallest absolute Gasteiger partial charge is 0.383 e. The molecule has 6 nitrogen and oxygen atoms in total. The van der Waals surface area contributed by atoms with Crippen molar-refractivity contribution >= 4 is 16.7 Å². The zero-order valence-electron chi connectivity index (χ0n) is 15.1. The molecule has 0 aromatic carbocycles. The minimum atomic E-state index is -4.48. The Morgan fingerprint density at radius 3 is 2.71 bits per heavy atom. The van der Waals surface area contributed by atoms with Crippen molar-refractivity contribution in [2.75, 3.05) is 26.4 Å². The molecule has 2 fully saturated rings. The summed E-state index contributed by atoms with van der Waals surface area (Å²) in [4.78, 5) is 6.59. The molecule has 0 radical (unpaired) electrons. The molecule has 2 atom stereocenters. The van der Waals surface area contributed by atoms with E-state index in [4.69, 9.17) is 14.9 Å². The van der Waals surface area contributed by atoms with E-state index in [0.717, 1.165) is 24.7 Å². The molecule has 0 saturated carbocycles. The van der Waals surface area contributed by atoms with E-state index in [1.807, 2.05) is 0 Å². The van der Waals surface area contributed by atoms with E-state index >= 15 is 0 Å². The third kappa shape index (κ3) is 3.90. The monoisotopic (exact) mass is 394 g/mol. The molecule has 9 heteroatoms. The van der Waals surface area contributed by atoms with Gasteiger partial charge in [-0.3, -0.25) is 0 Å². The molecule has 0 amide bonds. The molecule has 2 aliphatic heterocycles. The number of nitrogens with one attached hydrogen (secondary N) is 3. The SMILES string of the molecule is N=C(/C=C(\NC1CCOC1)C1CCOC1)c1cnc2[nH]cc(C(F)(F)F)c2c1. The Morgan fingerprint density at radius 1 is 1.25 bits per heavy atom. The second kappa shape index (κ2) is 7.56. The Balaban J connectivity index is 1.63. The van der Waals surface area contributed by atoms with Crippen molar-refractivity contribution in [3.05, 3.63) is 41.4 Å². The average molecular weight is 394 g/mol. The first-order chi connectivity index (χ1) is 13.4. The number of hydrogen-bond donors (Lipinski definition) is 3. The Morgan fingerprint density at radius 2 is 2.04 bits per heavy atom. The Hall–Kier alpha value is -2.39. The number of pyridine rings is 1. The summed E-state index contributed by atoms with van der Waals surface area (Å²) in [5.74, 6) is 0.135. The van der Waals surface area contributed by atoms with Crippen LogP contribution in [0.1, 0.15) is 24.0 Å². The number of halogens is 3. The maximum atomic E-state index is 13.2. The number of hydrogen-bond acceptors (Lipinski definition) is 5. The van der Waals surface area contributed by atoms with E-state index in [-0.39, 0.29) is 28.7 Å². The van der Waals surface area contributed by atoms with Crippen LogP contribution in [-0.4, -0.2) is 48.1 Å². The van der Waals surface area contributed by atoms with Crippen LogP contribution in [0.4, 0.5) is 13.2 Å². The van der Waals surface area contributed by atoms with Gasteiger partial charge < -0.3 is 25.2 Å². The average Bonchev–Trinajstić information content (AvgIpc) is 3.40. The molecule has 0 spiro atoms. The highest BCUT2D eigenvalue weighted by molar-refractivity contribution is 6.08. The Bertz CT molecular complexity index is 894. The Kier molecular flexibility index (Phi) is 5.11. The minimum Gasteiger partial charge on any atom is -0.383 e.